The summed E-state index contributed by atoms with van der Waals surface area (Å²) in [5.74, 6) is 0.978. The van der Waals surface area contributed by atoms with Crippen LogP contribution in [-0.4, -0.2) is 37.6 Å². The fourth-order valence-corrected chi connectivity index (χ4v) is 2.37. The van der Waals surface area contributed by atoms with Crippen molar-refractivity contribution < 1.29 is 0 Å². The SMILES string of the molecule is C1NCC1CN1CC2(CC2)C1. The molecule has 3 aliphatic rings. The van der Waals surface area contributed by atoms with Crippen LogP contribution in [0.5, 0.6) is 0 Å². The van der Waals surface area contributed by atoms with Gasteiger partial charge in [0.25, 0.3) is 0 Å². The molecular formula is C9H16N2. The van der Waals surface area contributed by atoms with Crippen LogP contribution >= 0.6 is 0 Å². The van der Waals surface area contributed by atoms with E-state index in [1.807, 2.05) is 0 Å². The van der Waals surface area contributed by atoms with Crippen molar-refractivity contribution in [2.45, 2.75) is 12.8 Å². The average molecular weight is 152 g/mol. The molecule has 0 radical (unpaired) electrons. The molecular weight excluding hydrogens is 136 g/mol. The zero-order valence-corrected chi connectivity index (χ0v) is 6.97. The van der Waals surface area contributed by atoms with Gasteiger partial charge in [0, 0.05) is 32.7 Å². The number of hydrogen-bond acceptors (Lipinski definition) is 2. The van der Waals surface area contributed by atoms with Crippen LogP contribution in [0.1, 0.15) is 12.8 Å². The van der Waals surface area contributed by atoms with E-state index >= 15 is 0 Å². The molecule has 2 heteroatoms. The lowest BCUT2D eigenvalue weighted by Gasteiger charge is -2.43. The van der Waals surface area contributed by atoms with Gasteiger partial charge in [-0.2, -0.15) is 0 Å². The molecule has 1 spiro atoms. The minimum atomic E-state index is 0.858. The van der Waals surface area contributed by atoms with Crippen LogP contribution in [0.25, 0.3) is 0 Å². The van der Waals surface area contributed by atoms with Crippen LogP contribution in [0.2, 0.25) is 0 Å². The molecule has 0 unspecified atom stereocenters. The van der Waals surface area contributed by atoms with E-state index in [0.717, 1.165) is 11.3 Å². The van der Waals surface area contributed by atoms with Crippen molar-refractivity contribution in [3.63, 3.8) is 0 Å². The fourth-order valence-electron chi connectivity index (χ4n) is 2.37. The van der Waals surface area contributed by atoms with Crippen LogP contribution in [0.3, 0.4) is 0 Å². The maximum absolute atomic E-state index is 3.32. The van der Waals surface area contributed by atoms with Gasteiger partial charge in [-0.15, -0.1) is 0 Å². The molecule has 3 rings (SSSR count). The fraction of sp³-hybridized carbons (Fsp3) is 1.00. The van der Waals surface area contributed by atoms with Gasteiger partial charge in [0.15, 0.2) is 0 Å². The highest BCUT2D eigenvalue weighted by molar-refractivity contribution is 5.05. The number of rotatable bonds is 2. The molecule has 0 aromatic heterocycles. The minimum absolute atomic E-state index is 0.858. The second kappa shape index (κ2) is 1.99. The quantitative estimate of drug-likeness (QED) is 0.612. The lowest BCUT2D eigenvalue weighted by atomic mass is 9.93. The van der Waals surface area contributed by atoms with Gasteiger partial charge in [-0.05, 0) is 24.2 Å². The summed E-state index contributed by atoms with van der Waals surface area (Å²) in [5, 5.41) is 3.32. The van der Waals surface area contributed by atoms with Crippen LogP contribution < -0.4 is 5.32 Å². The second-order valence-corrected chi connectivity index (χ2v) is 4.69. The highest BCUT2D eigenvalue weighted by Gasteiger charge is 2.52. The topological polar surface area (TPSA) is 15.3 Å². The Hall–Kier alpha value is -0.0800. The first-order valence-electron chi connectivity index (χ1n) is 4.79. The summed E-state index contributed by atoms with van der Waals surface area (Å²) in [7, 11) is 0. The van der Waals surface area contributed by atoms with Gasteiger partial charge in [-0.1, -0.05) is 0 Å². The first kappa shape index (κ1) is 6.44. The Morgan fingerprint density at radius 1 is 1.27 bits per heavy atom. The zero-order chi connectivity index (χ0) is 7.31. The van der Waals surface area contributed by atoms with Gasteiger partial charge in [0.05, 0.1) is 0 Å². The minimum Gasteiger partial charge on any atom is -0.316 e. The molecule has 1 saturated carbocycles. The predicted molar refractivity (Wildman–Crippen MR) is 44.5 cm³/mol. The molecule has 2 saturated heterocycles. The van der Waals surface area contributed by atoms with Crippen LogP contribution in [0.15, 0.2) is 0 Å². The van der Waals surface area contributed by atoms with Gasteiger partial charge in [0.2, 0.25) is 0 Å². The first-order chi connectivity index (χ1) is 5.36. The van der Waals surface area contributed by atoms with Crippen molar-refractivity contribution in [2.24, 2.45) is 11.3 Å². The summed E-state index contributed by atoms with van der Waals surface area (Å²) < 4.78 is 0. The largest absolute Gasteiger partial charge is 0.316 e. The number of hydrogen-bond donors (Lipinski definition) is 1. The highest BCUT2D eigenvalue weighted by atomic mass is 15.2. The van der Waals surface area contributed by atoms with E-state index in [0.29, 0.717) is 0 Å². The smallest absolute Gasteiger partial charge is 0.00506 e. The van der Waals surface area contributed by atoms with Gasteiger partial charge < -0.3 is 10.2 Å². The van der Waals surface area contributed by atoms with Crippen molar-refractivity contribution >= 4 is 0 Å². The molecule has 0 bridgehead atoms. The van der Waals surface area contributed by atoms with E-state index < -0.39 is 0 Å². The summed E-state index contributed by atoms with van der Waals surface area (Å²) >= 11 is 0. The molecule has 2 nitrogen and oxygen atoms in total. The van der Waals surface area contributed by atoms with Gasteiger partial charge in [0.1, 0.15) is 0 Å². The Bertz CT molecular complexity index is 162. The molecule has 0 aromatic rings. The number of nitrogens with one attached hydrogen (secondary N) is 1. The first-order valence-corrected chi connectivity index (χ1v) is 4.79. The van der Waals surface area contributed by atoms with Crippen molar-refractivity contribution in [1.82, 2.24) is 10.2 Å². The molecule has 0 aromatic carbocycles. The molecule has 62 valence electrons. The van der Waals surface area contributed by atoms with Crippen molar-refractivity contribution in [2.75, 3.05) is 32.7 Å². The monoisotopic (exact) mass is 152 g/mol. The Balaban J connectivity index is 1.44. The van der Waals surface area contributed by atoms with Crippen LogP contribution in [0.4, 0.5) is 0 Å². The Morgan fingerprint density at radius 2 is 2.00 bits per heavy atom. The molecule has 0 amide bonds. The van der Waals surface area contributed by atoms with Crippen molar-refractivity contribution in [3.05, 3.63) is 0 Å². The predicted octanol–water partition coefficient (Wildman–Crippen LogP) is 0.302. The Kier molecular flexibility index (Phi) is 1.16. The van der Waals surface area contributed by atoms with Gasteiger partial charge in [-0.25, -0.2) is 0 Å². The normalized spacial score (nSPS) is 34.9. The summed E-state index contributed by atoms with van der Waals surface area (Å²) in [6.07, 6.45) is 3.04. The molecule has 11 heavy (non-hydrogen) atoms. The van der Waals surface area contributed by atoms with E-state index in [1.165, 1.54) is 45.6 Å². The van der Waals surface area contributed by atoms with E-state index in [4.69, 9.17) is 0 Å². The standard InChI is InChI=1S/C9H16N2/c1-2-9(1)6-11(7-9)5-8-3-10-4-8/h8,10H,1-7H2. The highest BCUT2D eigenvalue weighted by Crippen LogP contribution is 2.52. The molecule has 3 fully saturated rings. The van der Waals surface area contributed by atoms with E-state index in [1.54, 1.807) is 0 Å². The maximum atomic E-state index is 3.32. The zero-order valence-electron chi connectivity index (χ0n) is 6.97. The maximum Gasteiger partial charge on any atom is 0.00506 e. The van der Waals surface area contributed by atoms with Gasteiger partial charge >= 0.3 is 0 Å². The summed E-state index contributed by atoms with van der Waals surface area (Å²) in [5.41, 5.74) is 0.858. The summed E-state index contributed by atoms with van der Waals surface area (Å²) in [4.78, 5) is 2.64. The molecule has 1 aliphatic carbocycles. The van der Waals surface area contributed by atoms with Gasteiger partial charge in [-0.3, -0.25) is 0 Å². The third-order valence-corrected chi connectivity index (χ3v) is 3.46. The molecule has 1 N–H and O–H groups in total. The lowest BCUT2D eigenvalue weighted by Crippen LogP contribution is -2.55. The van der Waals surface area contributed by atoms with E-state index in [-0.39, 0.29) is 0 Å². The number of likely N-dealkylation sites (tertiary alicyclic amines) is 1. The number of nitrogens with zero attached hydrogens (tertiary/aromatic N) is 1. The van der Waals surface area contributed by atoms with Crippen LogP contribution in [0, 0.1) is 11.3 Å². The third kappa shape index (κ3) is 1.00. The molecule has 2 aliphatic heterocycles. The average Bonchev–Trinajstić information content (AvgIpc) is 2.54. The van der Waals surface area contributed by atoms with E-state index in [2.05, 4.69) is 10.2 Å². The van der Waals surface area contributed by atoms with Crippen molar-refractivity contribution in [3.8, 4) is 0 Å². The molecule has 2 heterocycles. The second-order valence-electron chi connectivity index (χ2n) is 4.69. The molecule has 0 atom stereocenters. The van der Waals surface area contributed by atoms with Crippen molar-refractivity contribution in [1.29, 1.82) is 0 Å². The summed E-state index contributed by atoms with van der Waals surface area (Å²) in [6.45, 7) is 6.74. The van der Waals surface area contributed by atoms with E-state index in [9.17, 15) is 0 Å². The Morgan fingerprint density at radius 3 is 2.45 bits per heavy atom. The Labute approximate surface area is 68.0 Å². The third-order valence-electron chi connectivity index (χ3n) is 3.46. The lowest BCUT2D eigenvalue weighted by molar-refractivity contribution is 0.0542. The van der Waals surface area contributed by atoms with Crippen LogP contribution in [-0.2, 0) is 0 Å². The summed E-state index contributed by atoms with van der Waals surface area (Å²) in [6, 6.07) is 0.